The van der Waals surface area contributed by atoms with Crippen LogP contribution in [0.2, 0.25) is 0 Å². The van der Waals surface area contributed by atoms with Gasteiger partial charge in [0.25, 0.3) is 11.4 Å². The van der Waals surface area contributed by atoms with Gasteiger partial charge in [0.2, 0.25) is 0 Å². The predicted octanol–water partition coefficient (Wildman–Crippen LogP) is 11.6. The van der Waals surface area contributed by atoms with Gasteiger partial charge in [-0.2, -0.15) is 0 Å². The highest BCUT2D eigenvalue weighted by molar-refractivity contribution is 6.61. The van der Waals surface area contributed by atoms with Gasteiger partial charge in [-0.25, -0.2) is 14.4 Å². The van der Waals surface area contributed by atoms with E-state index >= 15 is 0 Å². The number of nitro groups is 2. The number of anilines is 2. The molecule has 0 aromatic heterocycles. The molecule has 2 amide bonds. The summed E-state index contributed by atoms with van der Waals surface area (Å²) in [7, 11) is 0. The van der Waals surface area contributed by atoms with Crippen LogP contribution in [-0.4, -0.2) is 84.5 Å². The lowest BCUT2D eigenvalue weighted by Gasteiger charge is -2.22. The minimum absolute atomic E-state index is 0.0141. The SMILES string of the molecule is CC(C)(C)OC(=O)N[C@H]1CCN(c2ccccc2[N+](=O)[O-])C1.O=C(Cl)OCC1c2ccccc2-c2ccccc21.O=C(N[C@H]1CCN(c2ccccc2[N+](=O)[O-])C1)OCC1c2ccccc2-c2ccccc21. The van der Waals surface area contributed by atoms with Crippen molar-refractivity contribution in [3.05, 3.63) is 188 Å². The Kier molecular flexibility index (Phi) is 15.7. The number of nitrogens with one attached hydrogen (secondary N) is 2. The number of hydrogen-bond acceptors (Lipinski definition) is 12. The van der Waals surface area contributed by atoms with Crippen LogP contribution in [0.4, 0.5) is 37.1 Å². The van der Waals surface area contributed by atoms with Gasteiger partial charge < -0.3 is 34.6 Å². The molecule has 6 aromatic carbocycles. The van der Waals surface area contributed by atoms with Crippen LogP contribution in [0.15, 0.2) is 146 Å². The van der Waals surface area contributed by atoms with E-state index in [9.17, 15) is 34.6 Å². The van der Waals surface area contributed by atoms with Crippen LogP contribution in [0, 0.1) is 20.2 Å². The van der Waals surface area contributed by atoms with Crippen molar-refractivity contribution < 1.29 is 38.4 Å². The first-order valence-electron chi connectivity index (χ1n) is 23.7. The standard InChI is InChI=1S/C25H23N3O4.C15H11ClO2.C15H21N3O4/c29-25(26-17-13-14-27(15-17)23-11-5-6-12-24(23)28(30)31)32-16-22-20-9-3-1-7-18(20)19-8-2-4-10-21(19)22;16-15(17)18-9-14-12-7-3-1-5-10(12)11-6-2-4-8-13(11)14;1-15(2,3)22-14(19)16-11-8-9-17(10-11)12-6-4-5-7-13(12)18(20)21/h1-12,17,22H,13-16H2,(H,26,29);1-8,14H,9H2;4-7,11H,8-10H2,1-3H3,(H,16,19)/t17-;;11-/m0.0/s1. The maximum absolute atomic E-state index is 12.5. The maximum Gasteiger partial charge on any atom is 0.407 e. The van der Waals surface area contributed by atoms with Crippen LogP contribution in [0.1, 0.15) is 67.7 Å². The molecule has 17 heteroatoms. The number of nitro benzene ring substituents is 2. The number of ether oxygens (including phenoxy) is 3. The number of carbonyl (C=O) groups is 3. The molecule has 0 unspecified atom stereocenters. The molecule has 0 spiro atoms. The van der Waals surface area contributed by atoms with E-state index in [4.69, 9.17) is 25.8 Å². The zero-order chi connectivity index (χ0) is 50.9. The van der Waals surface area contributed by atoms with Gasteiger partial charge in [0, 0.05) is 61.7 Å². The Morgan fingerprint density at radius 3 is 1.28 bits per heavy atom. The fraction of sp³-hybridized carbons (Fsp3) is 0.291. The van der Waals surface area contributed by atoms with Crippen molar-refractivity contribution in [2.45, 2.75) is 63.1 Å². The minimum atomic E-state index is -0.753. The molecule has 2 aliphatic carbocycles. The molecule has 2 atom stereocenters. The van der Waals surface area contributed by atoms with E-state index in [1.807, 2.05) is 58.3 Å². The summed E-state index contributed by atoms with van der Waals surface area (Å²) in [6, 6.07) is 45.9. The van der Waals surface area contributed by atoms with Crippen molar-refractivity contribution in [2.75, 3.05) is 49.2 Å². The van der Waals surface area contributed by atoms with Crippen LogP contribution in [0.5, 0.6) is 0 Å². The van der Waals surface area contributed by atoms with Crippen LogP contribution in [0.25, 0.3) is 22.3 Å². The molecule has 0 bridgehead atoms. The molecule has 72 heavy (non-hydrogen) atoms. The second-order valence-corrected chi connectivity index (χ2v) is 19.1. The van der Waals surface area contributed by atoms with Crippen molar-refractivity contribution in [2.24, 2.45) is 0 Å². The average molecular weight is 996 g/mol. The fourth-order valence-corrected chi connectivity index (χ4v) is 9.90. The Morgan fingerprint density at radius 1 is 0.556 bits per heavy atom. The molecule has 2 heterocycles. The molecule has 0 saturated carbocycles. The molecule has 2 N–H and O–H groups in total. The molecular weight excluding hydrogens is 940 g/mol. The molecule has 16 nitrogen and oxygen atoms in total. The van der Waals surface area contributed by atoms with E-state index in [2.05, 4.69) is 59.2 Å². The van der Waals surface area contributed by atoms with Crippen molar-refractivity contribution in [1.82, 2.24) is 10.6 Å². The van der Waals surface area contributed by atoms with Crippen LogP contribution in [0.3, 0.4) is 0 Å². The highest BCUT2D eigenvalue weighted by atomic mass is 35.5. The minimum Gasteiger partial charge on any atom is -0.453 e. The van der Waals surface area contributed by atoms with Crippen LogP contribution < -0.4 is 20.4 Å². The largest absolute Gasteiger partial charge is 0.453 e. The number of para-hydroxylation sites is 4. The summed E-state index contributed by atoms with van der Waals surface area (Å²) in [6.45, 7) is 8.31. The third-order valence-electron chi connectivity index (χ3n) is 12.9. The first-order valence-corrected chi connectivity index (χ1v) is 24.1. The lowest BCUT2D eigenvalue weighted by molar-refractivity contribution is -0.384. The normalized spacial score (nSPS) is 16.3. The van der Waals surface area contributed by atoms with E-state index in [0.717, 1.165) is 6.42 Å². The molecule has 10 rings (SSSR count). The van der Waals surface area contributed by atoms with Gasteiger partial charge in [0.1, 0.15) is 30.2 Å². The molecule has 4 aliphatic rings. The lowest BCUT2D eigenvalue weighted by atomic mass is 9.98. The number of amides is 2. The summed E-state index contributed by atoms with van der Waals surface area (Å²) in [5.41, 5.74) is 9.55. The van der Waals surface area contributed by atoms with Crippen molar-refractivity contribution in [1.29, 1.82) is 0 Å². The predicted molar refractivity (Wildman–Crippen MR) is 276 cm³/mol. The second kappa shape index (κ2) is 22.4. The number of alkyl carbamates (subject to hydrolysis) is 2. The Bertz CT molecular complexity index is 2870. The number of rotatable bonds is 10. The molecule has 372 valence electrons. The maximum atomic E-state index is 12.5. The highest BCUT2D eigenvalue weighted by Gasteiger charge is 2.33. The van der Waals surface area contributed by atoms with E-state index in [1.165, 1.54) is 56.6 Å². The van der Waals surface area contributed by atoms with Gasteiger partial charge in [-0.15, -0.1) is 0 Å². The van der Waals surface area contributed by atoms with Gasteiger partial charge >= 0.3 is 17.6 Å². The number of fused-ring (bicyclic) bond motifs is 6. The fourth-order valence-electron chi connectivity index (χ4n) is 9.83. The summed E-state index contributed by atoms with van der Waals surface area (Å²) in [6.07, 6.45) is 0.518. The molecular formula is C55H55ClN6O10. The van der Waals surface area contributed by atoms with Gasteiger partial charge in [0.05, 0.1) is 21.9 Å². The van der Waals surface area contributed by atoms with Crippen LogP contribution >= 0.6 is 11.6 Å². The Morgan fingerprint density at radius 2 is 0.903 bits per heavy atom. The van der Waals surface area contributed by atoms with Crippen molar-refractivity contribution in [3.8, 4) is 22.3 Å². The summed E-state index contributed by atoms with van der Waals surface area (Å²) in [4.78, 5) is 60.6. The summed E-state index contributed by atoms with van der Waals surface area (Å²) in [5, 5.41) is 28.1. The van der Waals surface area contributed by atoms with Gasteiger partial charge in [-0.05, 0) is 90.3 Å². The molecule has 2 fully saturated rings. The quantitative estimate of drug-likeness (QED) is 0.0571. The van der Waals surface area contributed by atoms with Gasteiger partial charge in [-0.3, -0.25) is 20.2 Å². The Balaban J connectivity index is 0.000000152. The van der Waals surface area contributed by atoms with Gasteiger partial charge in [-0.1, -0.05) is 121 Å². The van der Waals surface area contributed by atoms with Crippen molar-refractivity contribution >= 4 is 52.0 Å². The zero-order valence-electron chi connectivity index (χ0n) is 40.1. The smallest absolute Gasteiger partial charge is 0.407 e. The molecule has 0 radical (unpaired) electrons. The molecule has 2 saturated heterocycles. The van der Waals surface area contributed by atoms with E-state index in [1.54, 1.807) is 57.2 Å². The third-order valence-corrected chi connectivity index (χ3v) is 13.0. The lowest BCUT2D eigenvalue weighted by Crippen LogP contribution is -2.40. The Labute approximate surface area is 422 Å². The van der Waals surface area contributed by atoms with E-state index in [0.29, 0.717) is 44.0 Å². The number of nitrogens with zero attached hydrogens (tertiary/aromatic N) is 4. The summed E-state index contributed by atoms with van der Waals surface area (Å²) >= 11 is 5.25. The molecule has 6 aromatic rings. The number of halogens is 1. The summed E-state index contributed by atoms with van der Waals surface area (Å²) < 4.78 is 15.8. The third kappa shape index (κ3) is 11.9. The van der Waals surface area contributed by atoms with E-state index < -0.39 is 23.2 Å². The van der Waals surface area contributed by atoms with E-state index in [-0.39, 0.29) is 58.4 Å². The number of hydrogen-bond donors (Lipinski definition) is 2. The molecule has 2 aliphatic heterocycles. The van der Waals surface area contributed by atoms with Gasteiger partial charge in [0.15, 0.2) is 0 Å². The van der Waals surface area contributed by atoms with Crippen LogP contribution in [-0.2, 0) is 14.2 Å². The highest BCUT2D eigenvalue weighted by Crippen LogP contribution is 2.46. The summed E-state index contributed by atoms with van der Waals surface area (Å²) in [5.74, 6) is 0.0975. The number of carbonyl (C=O) groups excluding carboxylic acids is 3. The topological polar surface area (TPSA) is 196 Å². The second-order valence-electron chi connectivity index (χ2n) is 18.7. The first kappa shape index (κ1) is 50.4. The monoisotopic (exact) mass is 994 g/mol. The average Bonchev–Trinajstić information content (AvgIpc) is 4.17. The Hall–Kier alpha value is -7.98. The number of benzene rings is 6. The first-order chi connectivity index (χ1) is 34.6. The van der Waals surface area contributed by atoms with Crippen molar-refractivity contribution in [3.63, 3.8) is 0 Å². The zero-order valence-corrected chi connectivity index (χ0v) is 40.8.